The molecule has 1 atom stereocenters. The topological polar surface area (TPSA) is 98.0 Å². The van der Waals surface area contributed by atoms with Crippen molar-refractivity contribution in [1.82, 2.24) is 29.2 Å². The molecule has 3 heterocycles. The van der Waals surface area contributed by atoms with E-state index in [0.29, 0.717) is 24.7 Å². The van der Waals surface area contributed by atoms with Crippen molar-refractivity contribution in [3.63, 3.8) is 0 Å². The number of hydrogen-bond donors (Lipinski definition) is 1. The molecule has 1 fully saturated rings. The quantitative estimate of drug-likeness (QED) is 0.821. The first kappa shape index (κ1) is 17.6. The number of nitrogens with zero attached hydrogens (tertiary/aromatic N) is 5. The van der Waals surface area contributed by atoms with E-state index in [1.165, 1.54) is 17.7 Å². The summed E-state index contributed by atoms with van der Waals surface area (Å²) in [6.45, 7) is 1.78. The van der Waals surface area contributed by atoms with Crippen molar-refractivity contribution in [2.24, 2.45) is 14.1 Å². The lowest BCUT2D eigenvalue weighted by molar-refractivity contribution is 0.130. The second kappa shape index (κ2) is 7.32. The summed E-state index contributed by atoms with van der Waals surface area (Å²) in [5.74, 6) is 1.43. The number of methoxy groups -OCH3 is 1. The van der Waals surface area contributed by atoms with E-state index in [1.54, 1.807) is 14.2 Å². The molecule has 2 aromatic heterocycles. The van der Waals surface area contributed by atoms with Gasteiger partial charge < -0.3 is 4.74 Å². The summed E-state index contributed by atoms with van der Waals surface area (Å²) in [5, 5.41) is 7.23. The van der Waals surface area contributed by atoms with Gasteiger partial charge in [-0.25, -0.2) is 9.78 Å². The summed E-state index contributed by atoms with van der Waals surface area (Å²) in [5.41, 5.74) is 0.107. The molecule has 0 aliphatic carbocycles. The van der Waals surface area contributed by atoms with Crippen LogP contribution >= 0.6 is 0 Å². The van der Waals surface area contributed by atoms with E-state index in [0.717, 1.165) is 36.2 Å². The highest BCUT2D eigenvalue weighted by molar-refractivity contribution is 5.05. The number of H-pyrrole nitrogens is 1. The van der Waals surface area contributed by atoms with Gasteiger partial charge >= 0.3 is 5.69 Å². The zero-order chi connectivity index (χ0) is 18.0. The summed E-state index contributed by atoms with van der Waals surface area (Å²) < 4.78 is 7.73. The summed E-state index contributed by atoms with van der Waals surface area (Å²) >= 11 is 0. The molecule has 0 saturated carbocycles. The molecule has 25 heavy (non-hydrogen) atoms. The Bertz CT molecular complexity index is 852. The molecule has 1 N–H and O–H groups in total. The largest absolute Gasteiger partial charge is 0.377 e. The van der Waals surface area contributed by atoms with Crippen LogP contribution in [-0.4, -0.2) is 42.9 Å². The van der Waals surface area contributed by atoms with Crippen molar-refractivity contribution >= 4 is 0 Å². The first-order chi connectivity index (χ1) is 12.0. The fraction of sp³-hybridized carbons (Fsp3) is 0.625. The minimum Gasteiger partial charge on any atom is -0.377 e. The maximum atomic E-state index is 12.1. The van der Waals surface area contributed by atoms with Crippen molar-refractivity contribution in [2.75, 3.05) is 13.7 Å². The molecule has 1 unspecified atom stereocenters. The van der Waals surface area contributed by atoms with Gasteiger partial charge in [0.1, 0.15) is 6.61 Å². The SMILES string of the molecule is COCc1nc(C2CCCCN2Cc2cc(=O)n(C)c(=O)n2C)n[nH]1. The van der Waals surface area contributed by atoms with Gasteiger partial charge in [0.2, 0.25) is 0 Å². The molecular weight excluding hydrogens is 324 g/mol. The van der Waals surface area contributed by atoms with Crippen LogP contribution < -0.4 is 11.2 Å². The van der Waals surface area contributed by atoms with Gasteiger partial charge in [-0.1, -0.05) is 6.42 Å². The van der Waals surface area contributed by atoms with Crippen LogP contribution in [0.15, 0.2) is 15.7 Å². The summed E-state index contributed by atoms with van der Waals surface area (Å²) in [7, 11) is 4.80. The Labute approximate surface area is 145 Å². The second-order valence-corrected chi connectivity index (χ2v) is 6.43. The number of aromatic amines is 1. The molecule has 9 heteroatoms. The Morgan fingerprint density at radius 2 is 2.08 bits per heavy atom. The van der Waals surface area contributed by atoms with E-state index in [9.17, 15) is 9.59 Å². The van der Waals surface area contributed by atoms with E-state index in [1.807, 2.05) is 0 Å². The highest BCUT2D eigenvalue weighted by Gasteiger charge is 2.28. The fourth-order valence-electron chi connectivity index (χ4n) is 3.27. The number of nitrogens with one attached hydrogen (secondary N) is 1. The zero-order valence-corrected chi connectivity index (χ0v) is 14.9. The Balaban J connectivity index is 1.87. The number of rotatable bonds is 5. The smallest absolute Gasteiger partial charge is 0.330 e. The average molecular weight is 348 g/mol. The van der Waals surface area contributed by atoms with Crippen LogP contribution in [0.5, 0.6) is 0 Å². The Hall–Kier alpha value is -2.26. The summed E-state index contributed by atoms with van der Waals surface area (Å²) in [4.78, 5) is 30.9. The number of hydrogen-bond acceptors (Lipinski definition) is 6. The van der Waals surface area contributed by atoms with Crippen LogP contribution in [0.4, 0.5) is 0 Å². The number of piperidine rings is 1. The third kappa shape index (κ3) is 3.57. The van der Waals surface area contributed by atoms with Crippen LogP contribution in [0.1, 0.15) is 42.6 Å². The van der Waals surface area contributed by atoms with Crippen LogP contribution in [0.2, 0.25) is 0 Å². The monoisotopic (exact) mass is 348 g/mol. The van der Waals surface area contributed by atoms with Crippen LogP contribution in [0.25, 0.3) is 0 Å². The Kier molecular flexibility index (Phi) is 5.14. The predicted octanol–water partition coefficient (Wildman–Crippen LogP) is 0.0757. The molecule has 0 bridgehead atoms. The lowest BCUT2D eigenvalue weighted by Gasteiger charge is -2.34. The van der Waals surface area contributed by atoms with Crippen molar-refractivity contribution in [1.29, 1.82) is 0 Å². The minimum absolute atomic E-state index is 0.0646. The molecule has 0 amide bonds. The molecule has 9 nitrogen and oxygen atoms in total. The number of ether oxygens (including phenoxy) is 1. The lowest BCUT2D eigenvalue weighted by Crippen LogP contribution is -2.41. The van der Waals surface area contributed by atoms with Gasteiger partial charge in [0.05, 0.1) is 6.04 Å². The summed E-state index contributed by atoms with van der Waals surface area (Å²) in [6, 6.07) is 1.59. The highest BCUT2D eigenvalue weighted by Crippen LogP contribution is 2.29. The van der Waals surface area contributed by atoms with Gasteiger partial charge in [0.25, 0.3) is 5.56 Å². The highest BCUT2D eigenvalue weighted by atomic mass is 16.5. The van der Waals surface area contributed by atoms with E-state index in [2.05, 4.69) is 20.1 Å². The van der Waals surface area contributed by atoms with Gasteiger partial charge in [0.15, 0.2) is 11.6 Å². The third-order valence-electron chi connectivity index (χ3n) is 4.73. The lowest BCUT2D eigenvalue weighted by atomic mass is 10.0. The van der Waals surface area contributed by atoms with Crippen LogP contribution in [0.3, 0.4) is 0 Å². The molecule has 1 aliphatic heterocycles. The van der Waals surface area contributed by atoms with Crippen molar-refractivity contribution in [3.8, 4) is 0 Å². The second-order valence-electron chi connectivity index (χ2n) is 6.43. The molecule has 1 aliphatic rings. The van der Waals surface area contributed by atoms with Crippen LogP contribution in [0, 0.1) is 0 Å². The average Bonchev–Trinajstić information content (AvgIpc) is 3.07. The van der Waals surface area contributed by atoms with Crippen molar-refractivity contribution in [3.05, 3.63) is 44.2 Å². The van der Waals surface area contributed by atoms with Crippen LogP contribution in [-0.2, 0) is 32.0 Å². The zero-order valence-electron chi connectivity index (χ0n) is 14.9. The Morgan fingerprint density at radius 3 is 2.84 bits per heavy atom. The molecule has 0 spiro atoms. The van der Waals surface area contributed by atoms with Gasteiger partial charge in [-0.2, -0.15) is 5.10 Å². The molecule has 2 aromatic rings. The first-order valence-electron chi connectivity index (χ1n) is 8.41. The van der Waals surface area contributed by atoms with E-state index in [4.69, 9.17) is 4.74 Å². The van der Waals surface area contributed by atoms with E-state index >= 15 is 0 Å². The predicted molar refractivity (Wildman–Crippen MR) is 91.0 cm³/mol. The van der Waals surface area contributed by atoms with Gasteiger partial charge in [0, 0.05) is 39.5 Å². The van der Waals surface area contributed by atoms with Crippen molar-refractivity contribution in [2.45, 2.75) is 38.5 Å². The molecule has 3 rings (SSSR count). The van der Waals surface area contributed by atoms with Crippen molar-refractivity contribution < 1.29 is 4.74 Å². The first-order valence-corrected chi connectivity index (χ1v) is 8.41. The maximum absolute atomic E-state index is 12.1. The van der Waals surface area contributed by atoms with Gasteiger partial charge in [-0.05, 0) is 19.4 Å². The Morgan fingerprint density at radius 1 is 1.28 bits per heavy atom. The van der Waals surface area contributed by atoms with Gasteiger partial charge in [-0.15, -0.1) is 0 Å². The molecular formula is C16H24N6O3. The van der Waals surface area contributed by atoms with E-state index < -0.39 is 0 Å². The molecule has 1 saturated heterocycles. The number of aromatic nitrogens is 5. The summed E-state index contributed by atoms with van der Waals surface area (Å²) in [6.07, 6.45) is 3.12. The number of likely N-dealkylation sites (tertiary alicyclic amines) is 1. The normalized spacial score (nSPS) is 18.6. The third-order valence-corrected chi connectivity index (χ3v) is 4.73. The van der Waals surface area contributed by atoms with E-state index in [-0.39, 0.29) is 17.3 Å². The maximum Gasteiger partial charge on any atom is 0.330 e. The minimum atomic E-state index is -0.309. The fourth-order valence-corrected chi connectivity index (χ4v) is 3.27. The molecule has 0 radical (unpaired) electrons. The van der Waals surface area contributed by atoms with Gasteiger partial charge in [-0.3, -0.25) is 23.9 Å². The molecule has 136 valence electrons. The standard InChI is InChI=1S/C16H24N6O3/c1-20-11(8-14(23)21(2)16(20)24)9-22-7-5-4-6-12(22)15-17-13(10-25-3)18-19-15/h8,12H,4-7,9-10H2,1-3H3,(H,17,18,19). The molecule has 0 aromatic carbocycles.